The Morgan fingerprint density at radius 3 is 2.63 bits per heavy atom. The molecule has 0 aliphatic rings. The molecule has 0 bridgehead atoms. The van der Waals surface area contributed by atoms with Crippen molar-refractivity contribution < 1.29 is 9.84 Å². The van der Waals surface area contributed by atoms with Gasteiger partial charge in [-0.2, -0.15) is 11.8 Å². The molecular weight excluding hydrogens is 258 g/mol. The van der Waals surface area contributed by atoms with E-state index in [0.717, 1.165) is 23.8 Å². The Bertz CT molecular complexity index is 388. The lowest BCUT2D eigenvalue weighted by Crippen LogP contribution is -2.35. The van der Waals surface area contributed by atoms with Gasteiger partial charge in [0.15, 0.2) is 0 Å². The van der Waals surface area contributed by atoms with E-state index in [1.54, 1.807) is 18.9 Å². The topological polar surface area (TPSA) is 41.5 Å². The van der Waals surface area contributed by atoms with Crippen LogP contribution in [0.4, 0.5) is 0 Å². The zero-order valence-electron chi connectivity index (χ0n) is 12.3. The van der Waals surface area contributed by atoms with E-state index in [9.17, 15) is 0 Å². The van der Waals surface area contributed by atoms with E-state index in [-0.39, 0.29) is 12.1 Å². The highest BCUT2D eigenvalue weighted by Crippen LogP contribution is 2.24. The molecule has 0 heterocycles. The van der Waals surface area contributed by atoms with Crippen LogP contribution in [0.25, 0.3) is 0 Å². The number of aliphatic hydroxyl groups excluding tert-OH is 1. The number of benzene rings is 1. The smallest absolute Gasteiger partial charge is 0.122 e. The van der Waals surface area contributed by atoms with Crippen molar-refractivity contribution in [1.29, 1.82) is 0 Å². The first kappa shape index (κ1) is 16.3. The maximum Gasteiger partial charge on any atom is 0.122 e. The molecule has 0 unspecified atom stereocenters. The Kier molecular flexibility index (Phi) is 6.69. The summed E-state index contributed by atoms with van der Waals surface area (Å²) >= 11 is 1.72. The molecule has 0 aliphatic heterocycles. The maximum absolute atomic E-state index is 8.84. The molecule has 0 spiro atoms. The van der Waals surface area contributed by atoms with E-state index in [0.29, 0.717) is 0 Å². The molecule has 108 valence electrons. The molecule has 0 saturated carbocycles. The summed E-state index contributed by atoms with van der Waals surface area (Å²) in [5.74, 6) is 2.55. The van der Waals surface area contributed by atoms with Crippen LogP contribution in [0.15, 0.2) is 18.2 Å². The SMILES string of the molecule is COc1ccc(CNC(C)(C)C)cc1CSCCO. The normalized spacial score (nSPS) is 11.6. The van der Waals surface area contributed by atoms with Crippen molar-refractivity contribution in [2.24, 2.45) is 0 Å². The van der Waals surface area contributed by atoms with E-state index in [1.807, 2.05) is 6.07 Å². The van der Waals surface area contributed by atoms with Crippen LogP contribution in [0, 0.1) is 0 Å². The average Bonchev–Trinajstić information content (AvgIpc) is 2.36. The molecule has 0 aromatic heterocycles. The van der Waals surface area contributed by atoms with E-state index in [4.69, 9.17) is 9.84 Å². The van der Waals surface area contributed by atoms with Gasteiger partial charge in [0.05, 0.1) is 13.7 Å². The van der Waals surface area contributed by atoms with Gasteiger partial charge in [-0.1, -0.05) is 6.07 Å². The van der Waals surface area contributed by atoms with Gasteiger partial charge in [-0.15, -0.1) is 0 Å². The average molecular weight is 283 g/mol. The molecule has 1 aromatic rings. The first-order valence-corrected chi connectivity index (χ1v) is 7.71. The van der Waals surface area contributed by atoms with Crippen LogP contribution in [0.1, 0.15) is 31.9 Å². The fourth-order valence-electron chi connectivity index (χ4n) is 1.67. The predicted octanol–water partition coefficient (Wildman–Crippen LogP) is 2.81. The highest BCUT2D eigenvalue weighted by atomic mass is 32.2. The van der Waals surface area contributed by atoms with Crippen molar-refractivity contribution in [3.05, 3.63) is 29.3 Å². The molecule has 0 radical (unpaired) electrons. The highest BCUT2D eigenvalue weighted by molar-refractivity contribution is 7.98. The molecular formula is C15H25NO2S. The Balaban J connectivity index is 2.71. The molecule has 0 aliphatic carbocycles. The van der Waals surface area contributed by atoms with Gasteiger partial charge in [-0.05, 0) is 38.5 Å². The van der Waals surface area contributed by atoms with E-state index < -0.39 is 0 Å². The van der Waals surface area contributed by atoms with Crippen LogP contribution < -0.4 is 10.1 Å². The molecule has 3 nitrogen and oxygen atoms in total. The second-order valence-corrected chi connectivity index (χ2v) is 6.63. The van der Waals surface area contributed by atoms with Crippen LogP contribution in [0.5, 0.6) is 5.75 Å². The lowest BCUT2D eigenvalue weighted by Gasteiger charge is -2.21. The molecule has 0 fully saturated rings. The summed E-state index contributed by atoms with van der Waals surface area (Å²) in [6.45, 7) is 7.56. The van der Waals surface area contributed by atoms with Crippen LogP contribution in [-0.2, 0) is 12.3 Å². The lowest BCUT2D eigenvalue weighted by molar-refractivity contribution is 0.322. The van der Waals surface area contributed by atoms with Crippen molar-refractivity contribution in [3.8, 4) is 5.75 Å². The summed E-state index contributed by atoms with van der Waals surface area (Å²) in [4.78, 5) is 0. The predicted molar refractivity (Wildman–Crippen MR) is 82.8 cm³/mol. The summed E-state index contributed by atoms with van der Waals surface area (Å²) in [6, 6.07) is 6.30. The largest absolute Gasteiger partial charge is 0.496 e. The highest BCUT2D eigenvalue weighted by Gasteiger charge is 2.10. The van der Waals surface area contributed by atoms with Gasteiger partial charge >= 0.3 is 0 Å². The third kappa shape index (κ3) is 6.32. The van der Waals surface area contributed by atoms with Gasteiger partial charge in [-0.3, -0.25) is 0 Å². The van der Waals surface area contributed by atoms with Gasteiger partial charge in [0.25, 0.3) is 0 Å². The number of ether oxygens (including phenoxy) is 1. The minimum absolute atomic E-state index is 0.117. The Morgan fingerprint density at radius 2 is 2.05 bits per heavy atom. The molecule has 2 N–H and O–H groups in total. The summed E-state index contributed by atoms with van der Waals surface area (Å²) in [5.41, 5.74) is 2.57. The minimum Gasteiger partial charge on any atom is -0.496 e. The maximum atomic E-state index is 8.84. The Labute approximate surface area is 120 Å². The van der Waals surface area contributed by atoms with E-state index in [2.05, 4.69) is 38.2 Å². The van der Waals surface area contributed by atoms with Gasteiger partial charge in [0.1, 0.15) is 5.75 Å². The molecule has 19 heavy (non-hydrogen) atoms. The van der Waals surface area contributed by atoms with Crippen molar-refractivity contribution >= 4 is 11.8 Å². The van der Waals surface area contributed by atoms with Crippen molar-refractivity contribution in [3.63, 3.8) is 0 Å². The number of thioether (sulfide) groups is 1. The number of aliphatic hydroxyl groups is 1. The number of hydrogen-bond acceptors (Lipinski definition) is 4. The van der Waals surface area contributed by atoms with Crippen molar-refractivity contribution in [2.45, 2.75) is 38.6 Å². The zero-order chi connectivity index (χ0) is 14.3. The van der Waals surface area contributed by atoms with Gasteiger partial charge in [0, 0.05) is 29.2 Å². The summed E-state index contributed by atoms with van der Waals surface area (Å²) < 4.78 is 5.38. The first-order valence-electron chi connectivity index (χ1n) is 6.55. The monoisotopic (exact) mass is 283 g/mol. The number of methoxy groups -OCH3 is 1. The zero-order valence-corrected chi connectivity index (χ0v) is 13.1. The molecule has 0 saturated heterocycles. The molecule has 0 atom stereocenters. The van der Waals surface area contributed by atoms with Gasteiger partial charge in [0.2, 0.25) is 0 Å². The molecule has 1 rings (SSSR count). The Morgan fingerprint density at radius 1 is 1.32 bits per heavy atom. The number of nitrogens with one attached hydrogen (secondary N) is 1. The van der Waals surface area contributed by atoms with Gasteiger partial charge < -0.3 is 15.2 Å². The van der Waals surface area contributed by atoms with Crippen LogP contribution >= 0.6 is 11.8 Å². The number of rotatable bonds is 7. The second-order valence-electron chi connectivity index (χ2n) is 5.53. The summed E-state index contributed by atoms with van der Waals surface area (Å²) in [5, 5.41) is 12.3. The summed E-state index contributed by atoms with van der Waals surface area (Å²) in [6.07, 6.45) is 0. The van der Waals surface area contributed by atoms with E-state index >= 15 is 0 Å². The Hall–Kier alpha value is -0.710. The quantitative estimate of drug-likeness (QED) is 0.755. The number of hydrogen-bond donors (Lipinski definition) is 2. The van der Waals surface area contributed by atoms with Gasteiger partial charge in [-0.25, -0.2) is 0 Å². The van der Waals surface area contributed by atoms with Crippen LogP contribution in [0.2, 0.25) is 0 Å². The van der Waals surface area contributed by atoms with E-state index in [1.165, 1.54) is 11.1 Å². The molecule has 1 aromatic carbocycles. The summed E-state index contributed by atoms with van der Waals surface area (Å²) in [7, 11) is 1.70. The fourth-order valence-corrected chi connectivity index (χ4v) is 2.39. The fraction of sp³-hybridized carbons (Fsp3) is 0.600. The van der Waals surface area contributed by atoms with Crippen molar-refractivity contribution in [1.82, 2.24) is 5.32 Å². The lowest BCUT2D eigenvalue weighted by atomic mass is 10.1. The molecule has 4 heteroatoms. The van der Waals surface area contributed by atoms with Crippen molar-refractivity contribution in [2.75, 3.05) is 19.5 Å². The van der Waals surface area contributed by atoms with Crippen LogP contribution in [-0.4, -0.2) is 30.1 Å². The minimum atomic E-state index is 0.117. The third-order valence-electron chi connectivity index (χ3n) is 2.66. The standard InChI is InChI=1S/C15H25NO2S/c1-15(2,3)16-10-12-5-6-14(18-4)13(9-12)11-19-8-7-17/h5-6,9,16-17H,7-8,10-11H2,1-4H3. The third-order valence-corrected chi connectivity index (χ3v) is 3.65. The second kappa shape index (κ2) is 7.78. The first-order chi connectivity index (χ1) is 8.96. The van der Waals surface area contributed by atoms with Crippen LogP contribution in [0.3, 0.4) is 0 Å². The molecule has 0 amide bonds.